The second-order valence-corrected chi connectivity index (χ2v) is 8.76. The zero-order valence-corrected chi connectivity index (χ0v) is 15.8. The lowest BCUT2D eigenvalue weighted by Crippen LogP contribution is -2.21. The number of ether oxygens (including phenoxy) is 1. The molecule has 25 heavy (non-hydrogen) atoms. The minimum atomic E-state index is -3.48. The Labute approximate surface area is 151 Å². The Morgan fingerprint density at radius 2 is 1.92 bits per heavy atom. The van der Waals surface area contributed by atoms with Gasteiger partial charge in [0.15, 0.2) is 0 Å². The predicted octanol–water partition coefficient (Wildman–Crippen LogP) is 3.99. The van der Waals surface area contributed by atoms with E-state index in [9.17, 15) is 8.42 Å². The lowest BCUT2D eigenvalue weighted by Gasteiger charge is -2.10. The molecule has 1 aromatic heterocycles. The van der Waals surface area contributed by atoms with Crippen molar-refractivity contribution in [1.82, 2.24) is 4.98 Å². The van der Waals surface area contributed by atoms with Crippen LogP contribution in [0.15, 0.2) is 42.5 Å². The molecular formula is C18H20N2O3S2. The topological polar surface area (TPSA) is 68.3 Å². The van der Waals surface area contributed by atoms with E-state index in [1.54, 1.807) is 23.5 Å². The maximum atomic E-state index is 12.2. The highest BCUT2D eigenvalue weighted by atomic mass is 32.2. The second-order valence-electron chi connectivity index (χ2n) is 5.68. The van der Waals surface area contributed by atoms with Crippen LogP contribution in [-0.2, 0) is 16.4 Å². The molecule has 0 atom stereocenters. The number of fused-ring (bicyclic) bond motifs is 1. The number of anilines is 1. The molecule has 0 saturated heterocycles. The van der Waals surface area contributed by atoms with Crippen LogP contribution >= 0.6 is 11.3 Å². The van der Waals surface area contributed by atoms with Crippen LogP contribution in [-0.4, -0.2) is 25.8 Å². The average Bonchev–Trinajstić information content (AvgIpc) is 2.94. The van der Waals surface area contributed by atoms with E-state index in [0.29, 0.717) is 11.4 Å². The van der Waals surface area contributed by atoms with Crippen molar-refractivity contribution >= 4 is 37.3 Å². The summed E-state index contributed by atoms with van der Waals surface area (Å²) < 4.78 is 33.6. The van der Waals surface area contributed by atoms with Crippen molar-refractivity contribution in [3.05, 3.63) is 53.0 Å². The first-order chi connectivity index (χ1) is 11.9. The van der Waals surface area contributed by atoms with Gasteiger partial charge in [0, 0.05) is 0 Å². The number of benzene rings is 2. The summed E-state index contributed by atoms with van der Waals surface area (Å²) in [6.07, 6.45) is 0.960. The van der Waals surface area contributed by atoms with Gasteiger partial charge >= 0.3 is 0 Å². The number of aromatic nitrogens is 1. The van der Waals surface area contributed by atoms with Gasteiger partial charge < -0.3 is 4.74 Å². The molecule has 0 amide bonds. The van der Waals surface area contributed by atoms with Crippen molar-refractivity contribution in [2.45, 2.75) is 20.3 Å². The number of nitrogens with one attached hydrogen (secondary N) is 1. The SMILES string of the molecule is CCc1ccc(OCCS(=O)(=O)Nc2ccc3sc(C)nc3c2)cc1. The minimum absolute atomic E-state index is 0.0961. The van der Waals surface area contributed by atoms with Crippen molar-refractivity contribution < 1.29 is 13.2 Å². The molecule has 0 aliphatic heterocycles. The fraction of sp³-hybridized carbons (Fsp3) is 0.278. The van der Waals surface area contributed by atoms with Crippen LogP contribution in [0.5, 0.6) is 5.75 Å². The Morgan fingerprint density at radius 3 is 2.64 bits per heavy atom. The number of nitrogens with zero attached hydrogens (tertiary/aromatic N) is 1. The summed E-state index contributed by atoms with van der Waals surface area (Å²) in [7, 11) is -3.48. The van der Waals surface area contributed by atoms with E-state index < -0.39 is 10.0 Å². The van der Waals surface area contributed by atoms with E-state index in [0.717, 1.165) is 21.6 Å². The molecule has 1 N–H and O–H groups in total. The maximum absolute atomic E-state index is 12.2. The van der Waals surface area contributed by atoms with Crippen molar-refractivity contribution in [3.8, 4) is 5.75 Å². The number of thiazole rings is 1. The van der Waals surface area contributed by atoms with Crippen molar-refractivity contribution in [3.63, 3.8) is 0 Å². The molecule has 1 heterocycles. The number of hydrogen-bond acceptors (Lipinski definition) is 5. The van der Waals surface area contributed by atoms with E-state index in [2.05, 4.69) is 16.6 Å². The molecule has 132 valence electrons. The third kappa shape index (κ3) is 4.70. The molecule has 0 bridgehead atoms. The highest BCUT2D eigenvalue weighted by molar-refractivity contribution is 7.92. The molecule has 0 saturated carbocycles. The summed E-state index contributed by atoms with van der Waals surface area (Å²) in [6.45, 7) is 4.11. The molecular weight excluding hydrogens is 356 g/mol. The molecule has 0 aliphatic carbocycles. The largest absolute Gasteiger partial charge is 0.492 e. The third-order valence-electron chi connectivity index (χ3n) is 3.72. The van der Waals surface area contributed by atoms with Crippen LogP contribution in [0.2, 0.25) is 0 Å². The van der Waals surface area contributed by atoms with Crippen LogP contribution in [0.3, 0.4) is 0 Å². The van der Waals surface area contributed by atoms with Gasteiger partial charge in [0.05, 0.1) is 20.9 Å². The minimum Gasteiger partial charge on any atom is -0.492 e. The van der Waals surface area contributed by atoms with Crippen LogP contribution in [0.25, 0.3) is 10.2 Å². The highest BCUT2D eigenvalue weighted by Crippen LogP contribution is 2.25. The van der Waals surface area contributed by atoms with E-state index in [4.69, 9.17) is 4.74 Å². The van der Waals surface area contributed by atoms with Crippen molar-refractivity contribution in [2.24, 2.45) is 0 Å². The van der Waals surface area contributed by atoms with Gasteiger partial charge in [-0.25, -0.2) is 13.4 Å². The lowest BCUT2D eigenvalue weighted by molar-refractivity contribution is 0.341. The van der Waals surface area contributed by atoms with Crippen molar-refractivity contribution in [1.29, 1.82) is 0 Å². The van der Waals surface area contributed by atoms with Gasteiger partial charge in [-0.05, 0) is 49.2 Å². The first-order valence-electron chi connectivity index (χ1n) is 8.04. The fourth-order valence-corrected chi connectivity index (χ4v) is 4.13. The molecule has 3 rings (SSSR count). The molecule has 0 radical (unpaired) electrons. The molecule has 0 fully saturated rings. The predicted molar refractivity (Wildman–Crippen MR) is 103 cm³/mol. The number of hydrogen-bond donors (Lipinski definition) is 1. The van der Waals surface area contributed by atoms with Crippen LogP contribution in [0, 0.1) is 6.92 Å². The lowest BCUT2D eigenvalue weighted by atomic mass is 10.2. The molecule has 5 nitrogen and oxygen atoms in total. The zero-order chi connectivity index (χ0) is 17.9. The quantitative estimate of drug-likeness (QED) is 0.677. The molecule has 7 heteroatoms. The van der Waals surface area contributed by atoms with Gasteiger partial charge in [0.25, 0.3) is 0 Å². The standard InChI is InChI=1S/C18H20N2O3S2/c1-3-14-4-7-16(8-5-14)23-10-11-25(21,22)20-15-6-9-18-17(12-15)19-13(2)24-18/h4-9,12,20H,3,10-11H2,1-2H3. The monoisotopic (exact) mass is 376 g/mol. The van der Waals surface area contributed by atoms with E-state index >= 15 is 0 Å². The molecule has 0 unspecified atom stereocenters. The first kappa shape index (κ1) is 17.7. The maximum Gasteiger partial charge on any atom is 0.236 e. The first-order valence-corrected chi connectivity index (χ1v) is 10.5. The summed E-state index contributed by atoms with van der Waals surface area (Å²) in [4.78, 5) is 4.38. The summed E-state index contributed by atoms with van der Waals surface area (Å²) in [5.41, 5.74) is 2.54. The van der Waals surface area contributed by atoms with Crippen LogP contribution in [0.4, 0.5) is 5.69 Å². The van der Waals surface area contributed by atoms with E-state index in [1.807, 2.05) is 37.3 Å². The van der Waals surface area contributed by atoms with Gasteiger partial charge in [-0.1, -0.05) is 19.1 Å². The van der Waals surface area contributed by atoms with Gasteiger partial charge in [0.2, 0.25) is 10.0 Å². The smallest absolute Gasteiger partial charge is 0.236 e. The number of aryl methyl sites for hydroxylation is 2. The molecule has 0 aliphatic rings. The average molecular weight is 377 g/mol. The highest BCUT2D eigenvalue weighted by Gasteiger charge is 2.12. The molecule has 0 spiro atoms. The van der Waals surface area contributed by atoms with Crippen LogP contribution in [0.1, 0.15) is 17.5 Å². The van der Waals surface area contributed by atoms with E-state index in [-0.39, 0.29) is 12.4 Å². The number of rotatable bonds is 7. The van der Waals surface area contributed by atoms with Gasteiger partial charge in [0.1, 0.15) is 18.1 Å². The molecule has 3 aromatic rings. The fourth-order valence-electron chi connectivity index (χ4n) is 2.43. The third-order valence-corrected chi connectivity index (χ3v) is 5.92. The van der Waals surface area contributed by atoms with Gasteiger partial charge in [-0.2, -0.15) is 0 Å². The molecule has 2 aromatic carbocycles. The second kappa shape index (κ2) is 7.41. The summed E-state index contributed by atoms with van der Waals surface area (Å²) in [5, 5.41) is 0.956. The van der Waals surface area contributed by atoms with E-state index in [1.165, 1.54) is 5.56 Å². The Bertz CT molecular complexity index is 964. The van der Waals surface area contributed by atoms with Gasteiger partial charge in [-0.3, -0.25) is 4.72 Å². The Balaban J connectivity index is 1.58. The Morgan fingerprint density at radius 1 is 1.16 bits per heavy atom. The van der Waals surface area contributed by atoms with Gasteiger partial charge in [-0.15, -0.1) is 11.3 Å². The normalized spacial score (nSPS) is 11.6. The zero-order valence-electron chi connectivity index (χ0n) is 14.2. The number of sulfonamides is 1. The van der Waals surface area contributed by atoms with Crippen molar-refractivity contribution in [2.75, 3.05) is 17.1 Å². The Kier molecular flexibility index (Phi) is 5.24. The van der Waals surface area contributed by atoms with Crippen LogP contribution < -0.4 is 9.46 Å². The Hall–Kier alpha value is -2.12. The summed E-state index contributed by atoms with van der Waals surface area (Å²) >= 11 is 1.58. The summed E-state index contributed by atoms with van der Waals surface area (Å²) in [5.74, 6) is 0.559. The summed E-state index contributed by atoms with van der Waals surface area (Å²) in [6, 6.07) is 13.1.